The highest BCUT2D eigenvalue weighted by Gasteiger charge is 2.31. The molecule has 0 heterocycles. The Morgan fingerprint density at radius 2 is 2.16 bits per heavy atom. The highest BCUT2D eigenvalue weighted by Crippen LogP contribution is 2.31. The van der Waals surface area contributed by atoms with Crippen molar-refractivity contribution >= 4 is 31.9 Å². The van der Waals surface area contributed by atoms with Gasteiger partial charge in [0, 0.05) is 22.0 Å². The molecule has 1 aliphatic rings. The molecule has 2 rings (SSSR count). The molecule has 0 aromatic heterocycles. The largest absolute Gasteiger partial charge is 0.389 e. The fourth-order valence-corrected chi connectivity index (χ4v) is 3.55. The lowest BCUT2D eigenvalue weighted by atomic mass is 9.79. The lowest BCUT2D eigenvalue weighted by Crippen LogP contribution is -2.43. The monoisotopic (exact) mass is 389 g/mol. The van der Waals surface area contributed by atoms with E-state index in [2.05, 4.69) is 56.2 Å². The van der Waals surface area contributed by atoms with Crippen molar-refractivity contribution in [2.75, 3.05) is 6.54 Å². The van der Waals surface area contributed by atoms with Gasteiger partial charge in [0.2, 0.25) is 0 Å². The molecule has 2 N–H and O–H groups in total. The van der Waals surface area contributed by atoms with Crippen molar-refractivity contribution in [3.05, 3.63) is 32.7 Å². The second-order valence-corrected chi connectivity index (χ2v) is 7.49. The molecule has 0 saturated heterocycles. The maximum atomic E-state index is 10.5. The van der Waals surface area contributed by atoms with E-state index in [-0.39, 0.29) is 0 Å². The van der Waals surface area contributed by atoms with Crippen LogP contribution in [0, 0.1) is 5.92 Å². The third-order valence-corrected chi connectivity index (χ3v) is 5.71. The number of halogens is 2. The summed E-state index contributed by atoms with van der Waals surface area (Å²) in [6.07, 6.45) is 4.24. The quantitative estimate of drug-likeness (QED) is 0.805. The zero-order valence-corrected chi connectivity index (χ0v) is 14.4. The van der Waals surface area contributed by atoms with Crippen molar-refractivity contribution in [2.45, 2.75) is 44.8 Å². The van der Waals surface area contributed by atoms with Gasteiger partial charge in [-0.2, -0.15) is 0 Å². The Labute approximate surface area is 132 Å². The van der Waals surface area contributed by atoms with Crippen molar-refractivity contribution < 1.29 is 5.11 Å². The summed E-state index contributed by atoms with van der Waals surface area (Å²) in [5.41, 5.74) is 0.715. The van der Waals surface area contributed by atoms with Gasteiger partial charge in [-0.15, -0.1) is 0 Å². The number of nitrogens with one attached hydrogen (secondary N) is 1. The minimum absolute atomic E-state index is 0.510. The molecule has 0 aliphatic heterocycles. The Hall–Kier alpha value is 0.1000. The molecular weight excluding hydrogens is 370 g/mol. The zero-order valence-electron chi connectivity index (χ0n) is 11.3. The first-order valence-corrected chi connectivity index (χ1v) is 8.44. The second-order valence-electron chi connectivity index (χ2n) is 5.78. The van der Waals surface area contributed by atoms with Crippen LogP contribution in [0.15, 0.2) is 27.1 Å². The molecule has 0 radical (unpaired) electrons. The molecule has 1 aromatic carbocycles. The van der Waals surface area contributed by atoms with Gasteiger partial charge in [0.25, 0.3) is 0 Å². The summed E-state index contributed by atoms with van der Waals surface area (Å²) < 4.78 is 2.13. The predicted octanol–water partition coefficient (Wildman–Crippen LogP) is 4.24. The Morgan fingerprint density at radius 1 is 1.37 bits per heavy atom. The van der Waals surface area contributed by atoms with Crippen LogP contribution >= 0.6 is 31.9 Å². The van der Waals surface area contributed by atoms with Gasteiger partial charge in [-0.05, 0) is 68.3 Å². The van der Waals surface area contributed by atoms with Crippen molar-refractivity contribution in [1.29, 1.82) is 0 Å². The predicted molar refractivity (Wildman–Crippen MR) is 86.1 cm³/mol. The van der Waals surface area contributed by atoms with Crippen LogP contribution in [0.25, 0.3) is 0 Å². The molecule has 1 aliphatic carbocycles. The number of benzene rings is 1. The molecule has 106 valence electrons. The van der Waals surface area contributed by atoms with Gasteiger partial charge >= 0.3 is 0 Å². The lowest BCUT2D eigenvalue weighted by Gasteiger charge is -2.35. The Balaban J connectivity index is 1.84. The summed E-state index contributed by atoms with van der Waals surface area (Å²) in [5, 5.41) is 13.9. The van der Waals surface area contributed by atoms with Crippen LogP contribution in [0.1, 0.15) is 38.2 Å². The van der Waals surface area contributed by atoms with E-state index < -0.39 is 5.60 Å². The van der Waals surface area contributed by atoms with E-state index in [4.69, 9.17) is 0 Å². The molecular formula is C15H21Br2NO. The summed E-state index contributed by atoms with van der Waals surface area (Å²) in [6, 6.07) is 6.23. The second kappa shape index (κ2) is 6.70. The van der Waals surface area contributed by atoms with Gasteiger partial charge in [0.15, 0.2) is 0 Å². The van der Waals surface area contributed by atoms with E-state index in [1.165, 1.54) is 12.0 Å². The summed E-state index contributed by atoms with van der Waals surface area (Å²) in [5.74, 6) is 0.641. The van der Waals surface area contributed by atoms with Crippen molar-refractivity contribution in [2.24, 2.45) is 5.92 Å². The summed E-state index contributed by atoms with van der Waals surface area (Å²) >= 11 is 6.98. The van der Waals surface area contributed by atoms with Gasteiger partial charge in [-0.25, -0.2) is 0 Å². The van der Waals surface area contributed by atoms with Gasteiger partial charge in [-0.3, -0.25) is 0 Å². The van der Waals surface area contributed by atoms with Crippen LogP contribution in [-0.4, -0.2) is 17.3 Å². The highest BCUT2D eigenvalue weighted by molar-refractivity contribution is 9.13. The van der Waals surface area contributed by atoms with Crippen molar-refractivity contribution in [3.8, 4) is 0 Å². The molecule has 19 heavy (non-hydrogen) atoms. The minimum atomic E-state index is -0.510. The highest BCUT2D eigenvalue weighted by atomic mass is 79.9. The van der Waals surface area contributed by atoms with Crippen LogP contribution in [0.5, 0.6) is 0 Å². The van der Waals surface area contributed by atoms with E-state index >= 15 is 0 Å². The molecule has 2 nitrogen and oxygen atoms in total. The average Bonchev–Trinajstić information content (AvgIpc) is 2.33. The van der Waals surface area contributed by atoms with Gasteiger partial charge in [0.1, 0.15) is 0 Å². The molecule has 4 heteroatoms. The third-order valence-electron chi connectivity index (χ3n) is 3.83. The molecule has 2 atom stereocenters. The third kappa shape index (κ3) is 4.55. The summed E-state index contributed by atoms with van der Waals surface area (Å²) in [6.45, 7) is 3.71. The van der Waals surface area contributed by atoms with Crippen LogP contribution in [0.3, 0.4) is 0 Å². The van der Waals surface area contributed by atoms with E-state index in [1.807, 2.05) is 6.07 Å². The minimum Gasteiger partial charge on any atom is -0.389 e. The van der Waals surface area contributed by atoms with Crippen LogP contribution < -0.4 is 5.32 Å². The van der Waals surface area contributed by atoms with Gasteiger partial charge < -0.3 is 10.4 Å². The molecule has 0 spiro atoms. The maximum Gasteiger partial charge on any atom is 0.0774 e. The molecule has 0 bridgehead atoms. The number of hydrogen-bond acceptors (Lipinski definition) is 2. The first kappa shape index (κ1) is 15.5. The fraction of sp³-hybridized carbons (Fsp3) is 0.600. The molecule has 1 aromatic rings. The first-order chi connectivity index (χ1) is 8.98. The van der Waals surface area contributed by atoms with Crippen molar-refractivity contribution in [1.82, 2.24) is 5.32 Å². The Kier molecular flexibility index (Phi) is 5.46. The lowest BCUT2D eigenvalue weighted by molar-refractivity contribution is -0.0119. The number of hydrogen-bond donors (Lipinski definition) is 2. The molecule has 0 amide bonds. The molecule has 1 fully saturated rings. The summed E-state index contributed by atoms with van der Waals surface area (Å²) in [7, 11) is 0. The maximum absolute atomic E-state index is 10.5. The van der Waals surface area contributed by atoms with Crippen LogP contribution in [0.4, 0.5) is 0 Å². The SMILES string of the molecule is CC1CCCC(O)(CNCc2ccc(Br)c(Br)c2)C1. The van der Waals surface area contributed by atoms with E-state index in [1.54, 1.807) is 0 Å². The van der Waals surface area contributed by atoms with E-state index in [9.17, 15) is 5.11 Å². The Morgan fingerprint density at radius 3 is 2.84 bits per heavy atom. The summed E-state index contributed by atoms with van der Waals surface area (Å²) in [4.78, 5) is 0. The van der Waals surface area contributed by atoms with Crippen LogP contribution in [0.2, 0.25) is 0 Å². The van der Waals surface area contributed by atoms with Crippen molar-refractivity contribution in [3.63, 3.8) is 0 Å². The number of aliphatic hydroxyl groups is 1. The number of rotatable bonds is 4. The molecule has 2 unspecified atom stereocenters. The Bertz CT molecular complexity index is 438. The standard InChI is InChI=1S/C15H21Br2NO/c1-11-3-2-6-15(19,8-11)10-18-9-12-4-5-13(16)14(17)7-12/h4-5,7,11,18-19H,2-3,6,8-10H2,1H3. The van der Waals surface area contributed by atoms with Gasteiger partial charge in [-0.1, -0.05) is 25.8 Å². The van der Waals surface area contributed by atoms with Crippen LogP contribution in [-0.2, 0) is 6.54 Å². The molecule has 1 saturated carbocycles. The zero-order chi connectivity index (χ0) is 13.9. The van der Waals surface area contributed by atoms with Gasteiger partial charge in [0.05, 0.1) is 5.60 Å². The van der Waals surface area contributed by atoms with E-state index in [0.29, 0.717) is 12.5 Å². The normalized spacial score (nSPS) is 27.5. The first-order valence-electron chi connectivity index (χ1n) is 6.85. The average molecular weight is 391 g/mol. The fourth-order valence-electron chi connectivity index (χ4n) is 2.88. The topological polar surface area (TPSA) is 32.3 Å². The van der Waals surface area contributed by atoms with E-state index in [0.717, 1.165) is 34.8 Å². The smallest absolute Gasteiger partial charge is 0.0774 e.